The Bertz CT molecular complexity index is 204. The van der Waals surface area contributed by atoms with Gasteiger partial charge in [-0.2, -0.15) is 0 Å². The van der Waals surface area contributed by atoms with Crippen molar-refractivity contribution in [3.05, 3.63) is 0 Å². The molecular weight excluding hydrogens is 278 g/mol. The highest BCUT2D eigenvalue weighted by Crippen LogP contribution is 2.33. The maximum atomic E-state index is 9.76. The molecule has 1 aliphatic rings. The van der Waals surface area contributed by atoms with E-state index in [1.165, 1.54) is 32.2 Å². The molecule has 17 heavy (non-hydrogen) atoms. The minimum Gasteiger partial charge on any atom is -0.392 e. The first kappa shape index (κ1) is 15.5. The van der Waals surface area contributed by atoms with Gasteiger partial charge in [-0.3, -0.25) is 0 Å². The summed E-state index contributed by atoms with van der Waals surface area (Å²) in [4.78, 5) is 2.47. The van der Waals surface area contributed by atoms with Gasteiger partial charge in [-0.1, -0.05) is 42.6 Å². The molecule has 0 bridgehead atoms. The monoisotopic (exact) mass is 305 g/mol. The standard InChI is InChI=1S/C14H28BrNO/c1-3-7-14(11-15,8-4-2)12-16-9-5-6-13(17)10-16/h13,17H,3-12H2,1-2H3. The Labute approximate surface area is 115 Å². The Hall–Kier alpha value is 0.400. The minimum absolute atomic E-state index is 0.0972. The average molecular weight is 306 g/mol. The van der Waals surface area contributed by atoms with Gasteiger partial charge in [-0.15, -0.1) is 0 Å². The zero-order chi connectivity index (χ0) is 12.7. The second-order valence-electron chi connectivity index (χ2n) is 5.66. The molecule has 3 heteroatoms. The second-order valence-corrected chi connectivity index (χ2v) is 6.23. The number of likely N-dealkylation sites (tertiary alicyclic amines) is 1. The van der Waals surface area contributed by atoms with Crippen LogP contribution >= 0.6 is 15.9 Å². The van der Waals surface area contributed by atoms with Crippen molar-refractivity contribution in [2.45, 2.75) is 58.5 Å². The predicted octanol–water partition coefficient (Wildman–Crippen LogP) is 3.42. The van der Waals surface area contributed by atoms with Crippen molar-refractivity contribution in [2.75, 3.05) is 25.0 Å². The van der Waals surface area contributed by atoms with Crippen molar-refractivity contribution in [3.8, 4) is 0 Å². The topological polar surface area (TPSA) is 23.5 Å². The third kappa shape index (κ3) is 4.88. The SMILES string of the molecule is CCCC(CBr)(CCC)CN1CCCC(O)C1. The molecule has 1 unspecified atom stereocenters. The highest BCUT2D eigenvalue weighted by Gasteiger charge is 2.31. The molecule has 0 amide bonds. The number of alkyl halides is 1. The van der Waals surface area contributed by atoms with Gasteiger partial charge in [0.25, 0.3) is 0 Å². The number of rotatable bonds is 7. The molecule has 1 N–H and O–H groups in total. The minimum atomic E-state index is -0.0972. The molecule has 0 aromatic carbocycles. The number of aliphatic hydroxyl groups is 1. The number of aliphatic hydroxyl groups excluding tert-OH is 1. The molecule has 0 aromatic rings. The summed E-state index contributed by atoms with van der Waals surface area (Å²) in [5.41, 5.74) is 0.417. The first-order valence-electron chi connectivity index (χ1n) is 7.12. The van der Waals surface area contributed by atoms with E-state index in [-0.39, 0.29) is 6.10 Å². The third-order valence-corrected chi connectivity index (χ3v) is 5.07. The molecule has 1 aliphatic heterocycles. The summed E-state index contributed by atoms with van der Waals surface area (Å²) in [7, 11) is 0. The molecule has 0 aliphatic carbocycles. The summed E-state index contributed by atoms with van der Waals surface area (Å²) in [6, 6.07) is 0. The molecule has 1 saturated heterocycles. The molecule has 1 heterocycles. The van der Waals surface area contributed by atoms with Crippen LogP contribution in [-0.2, 0) is 0 Å². The molecule has 0 radical (unpaired) electrons. The normalized spacial score (nSPS) is 22.9. The Morgan fingerprint density at radius 3 is 2.41 bits per heavy atom. The first-order valence-corrected chi connectivity index (χ1v) is 8.24. The van der Waals surface area contributed by atoms with Crippen LogP contribution in [0.15, 0.2) is 0 Å². The summed E-state index contributed by atoms with van der Waals surface area (Å²) in [5, 5.41) is 10.8. The number of piperidine rings is 1. The maximum Gasteiger partial charge on any atom is 0.0667 e. The van der Waals surface area contributed by atoms with Gasteiger partial charge in [0, 0.05) is 18.4 Å². The van der Waals surface area contributed by atoms with Gasteiger partial charge < -0.3 is 10.0 Å². The van der Waals surface area contributed by atoms with Crippen molar-refractivity contribution in [1.82, 2.24) is 4.90 Å². The maximum absolute atomic E-state index is 9.76. The van der Waals surface area contributed by atoms with Gasteiger partial charge in [0.2, 0.25) is 0 Å². The molecule has 0 aromatic heterocycles. The number of nitrogens with zero attached hydrogens (tertiary/aromatic N) is 1. The van der Waals surface area contributed by atoms with E-state index in [9.17, 15) is 5.11 Å². The van der Waals surface area contributed by atoms with Crippen molar-refractivity contribution >= 4 is 15.9 Å². The van der Waals surface area contributed by atoms with E-state index in [0.29, 0.717) is 5.41 Å². The van der Waals surface area contributed by atoms with Crippen LogP contribution in [0.5, 0.6) is 0 Å². The van der Waals surface area contributed by atoms with Gasteiger partial charge in [0.1, 0.15) is 0 Å². The second kappa shape index (κ2) is 7.75. The van der Waals surface area contributed by atoms with Crippen LogP contribution in [0, 0.1) is 5.41 Å². The van der Waals surface area contributed by atoms with E-state index in [1.54, 1.807) is 0 Å². The summed E-state index contributed by atoms with van der Waals surface area (Å²) < 4.78 is 0. The van der Waals surface area contributed by atoms with Crippen molar-refractivity contribution in [1.29, 1.82) is 0 Å². The Morgan fingerprint density at radius 1 is 1.29 bits per heavy atom. The Morgan fingerprint density at radius 2 is 1.94 bits per heavy atom. The van der Waals surface area contributed by atoms with Gasteiger partial charge >= 0.3 is 0 Å². The molecule has 0 saturated carbocycles. The van der Waals surface area contributed by atoms with E-state index < -0.39 is 0 Å². The largest absolute Gasteiger partial charge is 0.392 e. The van der Waals surface area contributed by atoms with Crippen LogP contribution in [0.1, 0.15) is 52.4 Å². The Kier molecular flexibility index (Phi) is 7.05. The number of β-amino-alcohol motifs (C(OH)–C–C–N with tert-alkyl or cyclic N) is 1. The van der Waals surface area contributed by atoms with Crippen molar-refractivity contribution < 1.29 is 5.11 Å². The first-order chi connectivity index (χ1) is 8.15. The van der Waals surface area contributed by atoms with Crippen LogP contribution in [0.3, 0.4) is 0 Å². The van der Waals surface area contributed by atoms with E-state index in [1.807, 2.05) is 0 Å². The highest BCUT2D eigenvalue weighted by molar-refractivity contribution is 9.09. The summed E-state index contributed by atoms with van der Waals surface area (Å²) in [6.45, 7) is 7.74. The molecule has 102 valence electrons. The quantitative estimate of drug-likeness (QED) is 0.729. The summed E-state index contributed by atoms with van der Waals surface area (Å²) in [5.74, 6) is 0. The third-order valence-electron chi connectivity index (χ3n) is 3.88. The lowest BCUT2D eigenvalue weighted by molar-refractivity contribution is 0.0435. The van der Waals surface area contributed by atoms with E-state index in [2.05, 4.69) is 34.7 Å². The lowest BCUT2D eigenvalue weighted by Crippen LogP contribution is -2.45. The van der Waals surface area contributed by atoms with E-state index in [4.69, 9.17) is 0 Å². The molecule has 1 rings (SSSR count). The zero-order valence-corrected chi connectivity index (χ0v) is 13.0. The molecule has 0 spiro atoms. The fourth-order valence-corrected chi connectivity index (χ4v) is 3.91. The number of hydrogen-bond donors (Lipinski definition) is 1. The van der Waals surface area contributed by atoms with Gasteiger partial charge in [-0.05, 0) is 37.6 Å². The highest BCUT2D eigenvalue weighted by atomic mass is 79.9. The summed E-state index contributed by atoms with van der Waals surface area (Å²) >= 11 is 3.73. The van der Waals surface area contributed by atoms with Crippen LogP contribution in [0.2, 0.25) is 0 Å². The zero-order valence-electron chi connectivity index (χ0n) is 11.4. The van der Waals surface area contributed by atoms with Crippen molar-refractivity contribution in [3.63, 3.8) is 0 Å². The molecule has 1 atom stereocenters. The smallest absolute Gasteiger partial charge is 0.0667 e. The van der Waals surface area contributed by atoms with E-state index >= 15 is 0 Å². The lowest BCUT2D eigenvalue weighted by atomic mass is 9.80. The number of hydrogen-bond acceptors (Lipinski definition) is 2. The van der Waals surface area contributed by atoms with Crippen LogP contribution in [0.4, 0.5) is 0 Å². The van der Waals surface area contributed by atoms with E-state index in [0.717, 1.165) is 31.3 Å². The van der Waals surface area contributed by atoms with Gasteiger partial charge in [0.05, 0.1) is 6.10 Å². The number of halogens is 1. The van der Waals surface area contributed by atoms with Crippen LogP contribution in [-0.4, -0.2) is 41.1 Å². The van der Waals surface area contributed by atoms with Crippen LogP contribution < -0.4 is 0 Å². The Balaban J connectivity index is 2.57. The van der Waals surface area contributed by atoms with Crippen molar-refractivity contribution in [2.24, 2.45) is 5.41 Å². The predicted molar refractivity (Wildman–Crippen MR) is 77.7 cm³/mol. The molecule has 2 nitrogen and oxygen atoms in total. The fraction of sp³-hybridized carbons (Fsp3) is 1.00. The van der Waals surface area contributed by atoms with Gasteiger partial charge in [0.15, 0.2) is 0 Å². The average Bonchev–Trinajstić information content (AvgIpc) is 2.29. The summed E-state index contributed by atoms with van der Waals surface area (Å²) in [6.07, 6.45) is 7.12. The van der Waals surface area contributed by atoms with Crippen LogP contribution in [0.25, 0.3) is 0 Å². The lowest BCUT2D eigenvalue weighted by Gasteiger charge is -2.40. The fourth-order valence-electron chi connectivity index (χ4n) is 3.17. The molecular formula is C14H28BrNO. The van der Waals surface area contributed by atoms with Gasteiger partial charge in [-0.25, -0.2) is 0 Å². The molecule has 1 fully saturated rings.